The maximum absolute atomic E-state index is 12.5. The quantitative estimate of drug-likeness (QED) is 0.916. The maximum atomic E-state index is 12.5. The Bertz CT molecular complexity index is 629. The van der Waals surface area contributed by atoms with Gasteiger partial charge in [-0.15, -0.1) is 11.3 Å². The molecule has 2 unspecified atom stereocenters. The van der Waals surface area contributed by atoms with Crippen molar-refractivity contribution in [3.63, 3.8) is 0 Å². The number of likely N-dealkylation sites (tertiary alicyclic amines) is 1. The summed E-state index contributed by atoms with van der Waals surface area (Å²) in [6.45, 7) is 5.43. The molecule has 1 aliphatic carbocycles. The minimum Gasteiger partial charge on any atom is -0.315 e. The molecule has 2 fully saturated rings. The number of carbonyl (C=O) groups is 1. The van der Waals surface area contributed by atoms with E-state index in [1.54, 1.807) is 0 Å². The SMILES string of the molecule is Cc1sc(NC(=O)CN2CCCC3CCCCC32)c(C#N)c1C. The lowest BCUT2D eigenvalue weighted by atomic mass is 9.78. The second kappa shape index (κ2) is 7.02. The number of aryl methyl sites for hydroxylation is 1. The van der Waals surface area contributed by atoms with E-state index in [0.717, 1.165) is 22.9 Å². The molecular formula is C18H25N3OS. The molecule has 1 saturated heterocycles. The van der Waals surface area contributed by atoms with Crippen molar-refractivity contribution in [3.8, 4) is 6.07 Å². The zero-order valence-electron chi connectivity index (χ0n) is 14.0. The minimum absolute atomic E-state index is 0.0222. The van der Waals surface area contributed by atoms with Crippen LogP contribution in [-0.2, 0) is 4.79 Å². The summed E-state index contributed by atoms with van der Waals surface area (Å²) in [5, 5.41) is 13.0. The largest absolute Gasteiger partial charge is 0.315 e. The molecule has 3 rings (SSSR count). The molecular weight excluding hydrogens is 306 g/mol. The molecule has 2 aliphatic rings. The van der Waals surface area contributed by atoms with Crippen molar-refractivity contribution < 1.29 is 4.79 Å². The summed E-state index contributed by atoms with van der Waals surface area (Å²) in [5.74, 6) is 0.806. The third-order valence-electron chi connectivity index (χ3n) is 5.45. The van der Waals surface area contributed by atoms with E-state index in [-0.39, 0.29) is 5.91 Å². The lowest BCUT2D eigenvalue weighted by Crippen LogP contribution is -2.49. The number of carbonyl (C=O) groups excluding carboxylic acids is 1. The van der Waals surface area contributed by atoms with E-state index in [2.05, 4.69) is 16.3 Å². The number of fused-ring (bicyclic) bond motifs is 1. The molecule has 1 aliphatic heterocycles. The normalized spacial score (nSPS) is 24.7. The van der Waals surface area contributed by atoms with Crippen molar-refractivity contribution in [1.29, 1.82) is 5.26 Å². The fourth-order valence-corrected chi connectivity index (χ4v) is 5.15. The second-order valence-electron chi connectivity index (χ2n) is 6.87. The second-order valence-corrected chi connectivity index (χ2v) is 8.10. The highest BCUT2D eigenvalue weighted by molar-refractivity contribution is 7.16. The summed E-state index contributed by atoms with van der Waals surface area (Å²) in [5.41, 5.74) is 1.60. The molecule has 0 bridgehead atoms. The summed E-state index contributed by atoms with van der Waals surface area (Å²) in [6.07, 6.45) is 7.73. The first-order valence-corrected chi connectivity index (χ1v) is 9.45. The first-order valence-electron chi connectivity index (χ1n) is 8.64. The van der Waals surface area contributed by atoms with Crippen LogP contribution >= 0.6 is 11.3 Å². The maximum Gasteiger partial charge on any atom is 0.239 e. The Morgan fingerprint density at radius 2 is 2.04 bits per heavy atom. The van der Waals surface area contributed by atoms with Crippen LogP contribution in [0.25, 0.3) is 0 Å². The molecule has 0 spiro atoms. The van der Waals surface area contributed by atoms with Gasteiger partial charge in [-0.2, -0.15) is 5.26 Å². The Morgan fingerprint density at radius 3 is 2.83 bits per heavy atom. The summed E-state index contributed by atoms with van der Waals surface area (Å²) in [6, 6.07) is 2.81. The van der Waals surface area contributed by atoms with Gasteiger partial charge in [-0.1, -0.05) is 12.8 Å². The Morgan fingerprint density at radius 1 is 1.30 bits per heavy atom. The monoisotopic (exact) mass is 331 g/mol. The van der Waals surface area contributed by atoms with Crippen molar-refractivity contribution in [2.75, 3.05) is 18.4 Å². The average Bonchev–Trinajstić information content (AvgIpc) is 2.81. The molecule has 1 aromatic rings. The van der Waals surface area contributed by atoms with Gasteiger partial charge in [0.1, 0.15) is 11.1 Å². The number of nitrogens with one attached hydrogen (secondary N) is 1. The highest BCUT2D eigenvalue weighted by atomic mass is 32.1. The van der Waals surface area contributed by atoms with Crippen LogP contribution in [0.5, 0.6) is 0 Å². The molecule has 2 heterocycles. The van der Waals surface area contributed by atoms with Gasteiger partial charge in [-0.25, -0.2) is 0 Å². The molecule has 1 aromatic heterocycles. The number of rotatable bonds is 3. The van der Waals surface area contributed by atoms with Gasteiger partial charge in [0.15, 0.2) is 0 Å². The van der Waals surface area contributed by atoms with Crippen LogP contribution in [0, 0.1) is 31.1 Å². The van der Waals surface area contributed by atoms with E-state index < -0.39 is 0 Å². The van der Waals surface area contributed by atoms with Crippen LogP contribution < -0.4 is 5.32 Å². The Labute approximate surface area is 142 Å². The molecule has 124 valence electrons. The van der Waals surface area contributed by atoms with Crippen molar-refractivity contribution in [2.24, 2.45) is 5.92 Å². The lowest BCUT2D eigenvalue weighted by molar-refractivity contribution is -0.118. The van der Waals surface area contributed by atoms with Gasteiger partial charge in [0.25, 0.3) is 0 Å². The zero-order valence-corrected chi connectivity index (χ0v) is 14.8. The van der Waals surface area contributed by atoms with Crippen molar-refractivity contribution in [3.05, 3.63) is 16.0 Å². The van der Waals surface area contributed by atoms with E-state index >= 15 is 0 Å². The number of hydrogen-bond acceptors (Lipinski definition) is 4. The molecule has 5 heteroatoms. The zero-order chi connectivity index (χ0) is 16.4. The summed E-state index contributed by atoms with van der Waals surface area (Å²) >= 11 is 1.51. The predicted molar refractivity (Wildman–Crippen MR) is 93.7 cm³/mol. The van der Waals surface area contributed by atoms with Gasteiger partial charge in [0, 0.05) is 10.9 Å². The van der Waals surface area contributed by atoms with Crippen LogP contribution in [0.15, 0.2) is 0 Å². The van der Waals surface area contributed by atoms with Gasteiger partial charge in [0.05, 0.1) is 12.1 Å². The third-order valence-corrected chi connectivity index (χ3v) is 6.58. The molecule has 1 amide bonds. The van der Waals surface area contributed by atoms with Gasteiger partial charge in [-0.05, 0) is 57.6 Å². The fourth-order valence-electron chi connectivity index (χ4n) is 4.12. The van der Waals surface area contributed by atoms with Crippen molar-refractivity contribution >= 4 is 22.2 Å². The van der Waals surface area contributed by atoms with E-state index in [1.807, 2.05) is 13.8 Å². The van der Waals surface area contributed by atoms with E-state index in [0.29, 0.717) is 23.2 Å². The van der Waals surface area contributed by atoms with Crippen LogP contribution in [0.1, 0.15) is 54.5 Å². The molecule has 4 nitrogen and oxygen atoms in total. The Kier molecular flexibility index (Phi) is 5.03. The lowest BCUT2D eigenvalue weighted by Gasteiger charge is -2.43. The number of piperidine rings is 1. The first-order chi connectivity index (χ1) is 11.1. The predicted octanol–water partition coefficient (Wildman–Crippen LogP) is 3.83. The molecule has 0 radical (unpaired) electrons. The van der Waals surface area contributed by atoms with Crippen LogP contribution in [0.3, 0.4) is 0 Å². The molecule has 2 atom stereocenters. The number of nitrogens with zero attached hydrogens (tertiary/aromatic N) is 2. The Balaban J connectivity index is 1.65. The summed E-state index contributed by atoms with van der Waals surface area (Å²) in [4.78, 5) is 16.0. The average molecular weight is 331 g/mol. The number of amides is 1. The van der Waals surface area contributed by atoms with Crippen LogP contribution in [0.2, 0.25) is 0 Å². The third kappa shape index (κ3) is 3.44. The highest BCUT2D eigenvalue weighted by Gasteiger charge is 2.34. The highest BCUT2D eigenvalue weighted by Crippen LogP contribution is 2.35. The van der Waals surface area contributed by atoms with Crippen molar-refractivity contribution in [1.82, 2.24) is 4.90 Å². The summed E-state index contributed by atoms with van der Waals surface area (Å²) < 4.78 is 0. The van der Waals surface area contributed by atoms with Crippen LogP contribution in [-0.4, -0.2) is 29.9 Å². The fraction of sp³-hybridized carbons (Fsp3) is 0.667. The molecule has 23 heavy (non-hydrogen) atoms. The van der Waals surface area contributed by atoms with Gasteiger partial charge in [0.2, 0.25) is 5.91 Å². The van der Waals surface area contributed by atoms with E-state index in [1.165, 1.54) is 49.9 Å². The summed E-state index contributed by atoms with van der Waals surface area (Å²) in [7, 11) is 0. The molecule has 1 N–H and O–H groups in total. The number of thiophene rings is 1. The number of hydrogen-bond donors (Lipinski definition) is 1. The molecule has 1 saturated carbocycles. The van der Waals surface area contributed by atoms with E-state index in [9.17, 15) is 10.1 Å². The van der Waals surface area contributed by atoms with Crippen LogP contribution in [0.4, 0.5) is 5.00 Å². The van der Waals surface area contributed by atoms with Gasteiger partial charge in [-0.3, -0.25) is 9.69 Å². The number of anilines is 1. The number of nitriles is 1. The van der Waals surface area contributed by atoms with Gasteiger partial charge >= 0.3 is 0 Å². The first kappa shape index (κ1) is 16.5. The van der Waals surface area contributed by atoms with E-state index in [4.69, 9.17) is 0 Å². The van der Waals surface area contributed by atoms with Crippen molar-refractivity contribution in [2.45, 2.75) is 58.4 Å². The minimum atomic E-state index is 0.0222. The van der Waals surface area contributed by atoms with Gasteiger partial charge < -0.3 is 5.32 Å². The molecule has 0 aromatic carbocycles. The standard InChI is InChI=1S/C18H25N3OS/c1-12-13(2)23-18(15(12)10-19)20-17(22)11-21-9-5-7-14-6-3-4-8-16(14)21/h14,16H,3-9,11H2,1-2H3,(H,20,22). The topological polar surface area (TPSA) is 56.1 Å². The Hall–Kier alpha value is -1.38. The smallest absolute Gasteiger partial charge is 0.239 e.